The van der Waals surface area contributed by atoms with Crippen LogP contribution < -0.4 is 15.1 Å². The molecule has 0 aliphatic carbocycles. The number of nitrogens with one attached hydrogen (secondary N) is 1. The van der Waals surface area contributed by atoms with Crippen molar-refractivity contribution in [2.45, 2.75) is 25.8 Å². The van der Waals surface area contributed by atoms with Crippen LogP contribution in [-0.4, -0.2) is 29.9 Å². The summed E-state index contributed by atoms with van der Waals surface area (Å²) in [6.45, 7) is 2.01. The van der Waals surface area contributed by atoms with Gasteiger partial charge >= 0.3 is 0 Å². The number of carbonyl (C=O) groups excluding carboxylic acids is 2. The van der Waals surface area contributed by atoms with Crippen molar-refractivity contribution in [3.63, 3.8) is 0 Å². The molecule has 0 spiro atoms. The van der Waals surface area contributed by atoms with E-state index in [9.17, 15) is 9.59 Å². The molecule has 0 atom stereocenters. The lowest BCUT2D eigenvalue weighted by Crippen LogP contribution is -2.29. The van der Waals surface area contributed by atoms with Crippen LogP contribution in [0.5, 0.6) is 0 Å². The zero-order valence-electron chi connectivity index (χ0n) is 17.3. The van der Waals surface area contributed by atoms with Crippen LogP contribution in [0, 0.1) is 0 Å². The number of anilines is 3. The van der Waals surface area contributed by atoms with Crippen LogP contribution in [0.25, 0.3) is 0 Å². The molecule has 31 heavy (non-hydrogen) atoms. The Morgan fingerprint density at radius 1 is 0.968 bits per heavy atom. The maximum atomic E-state index is 13.3. The zero-order chi connectivity index (χ0) is 21.2. The summed E-state index contributed by atoms with van der Waals surface area (Å²) >= 11 is 0. The Morgan fingerprint density at radius 3 is 2.61 bits per heavy atom. The zero-order valence-corrected chi connectivity index (χ0v) is 17.3. The first kappa shape index (κ1) is 19.3. The van der Waals surface area contributed by atoms with Crippen LogP contribution in [-0.2, 0) is 17.8 Å². The SMILES string of the molecule is O=C1CCCN1c1ccc(CNc2ncccc2C(=O)N2CCc3ccccc32)cc1. The Labute approximate surface area is 181 Å². The summed E-state index contributed by atoms with van der Waals surface area (Å²) in [6.07, 6.45) is 4.11. The molecule has 156 valence electrons. The molecule has 2 aliphatic rings. The van der Waals surface area contributed by atoms with E-state index in [1.54, 1.807) is 12.3 Å². The number of amides is 2. The van der Waals surface area contributed by atoms with Crippen LogP contribution in [0.15, 0.2) is 66.9 Å². The van der Waals surface area contributed by atoms with Crippen molar-refractivity contribution in [1.29, 1.82) is 0 Å². The highest BCUT2D eigenvalue weighted by Crippen LogP contribution is 2.30. The fourth-order valence-electron chi connectivity index (χ4n) is 4.31. The van der Waals surface area contributed by atoms with E-state index >= 15 is 0 Å². The van der Waals surface area contributed by atoms with Crippen LogP contribution in [0.3, 0.4) is 0 Å². The number of carbonyl (C=O) groups is 2. The molecule has 1 aromatic heterocycles. The van der Waals surface area contributed by atoms with Crippen LogP contribution in [0.2, 0.25) is 0 Å². The topological polar surface area (TPSA) is 65.5 Å². The first-order valence-electron chi connectivity index (χ1n) is 10.7. The molecule has 1 N–H and O–H groups in total. The molecule has 2 aromatic carbocycles. The molecule has 1 fully saturated rings. The maximum absolute atomic E-state index is 13.3. The summed E-state index contributed by atoms with van der Waals surface area (Å²) in [5.74, 6) is 0.727. The van der Waals surface area contributed by atoms with Gasteiger partial charge in [0.15, 0.2) is 0 Å². The lowest BCUT2D eigenvalue weighted by molar-refractivity contribution is -0.117. The van der Waals surface area contributed by atoms with Crippen molar-refractivity contribution in [2.75, 3.05) is 28.2 Å². The molecular formula is C25H24N4O2. The van der Waals surface area contributed by atoms with Gasteiger partial charge in [-0.3, -0.25) is 9.59 Å². The molecule has 0 saturated carbocycles. The Morgan fingerprint density at radius 2 is 1.81 bits per heavy atom. The van der Waals surface area contributed by atoms with E-state index in [1.165, 1.54) is 5.56 Å². The van der Waals surface area contributed by atoms with Gasteiger partial charge < -0.3 is 15.1 Å². The van der Waals surface area contributed by atoms with E-state index in [-0.39, 0.29) is 11.8 Å². The van der Waals surface area contributed by atoms with Gasteiger partial charge in [0.2, 0.25) is 5.91 Å². The first-order chi connectivity index (χ1) is 15.2. The molecule has 1 saturated heterocycles. The average Bonchev–Trinajstić information content (AvgIpc) is 3.44. The van der Waals surface area contributed by atoms with E-state index in [0.29, 0.717) is 30.9 Å². The van der Waals surface area contributed by atoms with Gasteiger partial charge in [-0.05, 0) is 54.3 Å². The van der Waals surface area contributed by atoms with Crippen LogP contribution >= 0.6 is 0 Å². The Balaban J connectivity index is 1.30. The summed E-state index contributed by atoms with van der Waals surface area (Å²) in [6, 6.07) is 19.6. The maximum Gasteiger partial charge on any atom is 0.262 e. The number of hydrogen-bond donors (Lipinski definition) is 1. The predicted molar refractivity (Wildman–Crippen MR) is 121 cm³/mol. The summed E-state index contributed by atoms with van der Waals surface area (Å²) in [4.78, 5) is 33.3. The Hall–Kier alpha value is -3.67. The second-order valence-corrected chi connectivity index (χ2v) is 7.90. The second-order valence-electron chi connectivity index (χ2n) is 7.90. The number of nitrogens with zero attached hydrogens (tertiary/aromatic N) is 3. The molecule has 6 nitrogen and oxygen atoms in total. The number of pyridine rings is 1. The summed E-state index contributed by atoms with van der Waals surface area (Å²) in [7, 11) is 0. The van der Waals surface area contributed by atoms with E-state index in [4.69, 9.17) is 0 Å². The normalized spacial score (nSPS) is 15.3. The third kappa shape index (κ3) is 3.77. The van der Waals surface area contributed by atoms with Crippen molar-refractivity contribution in [3.05, 3.63) is 83.6 Å². The smallest absolute Gasteiger partial charge is 0.262 e. The Kier molecular flexibility index (Phi) is 5.12. The molecule has 6 heteroatoms. The van der Waals surface area contributed by atoms with Crippen LogP contribution in [0.4, 0.5) is 17.2 Å². The molecular weight excluding hydrogens is 388 g/mol. The lowest BCUT2D eigenvalue weighted by Gasteiger charge is -2.19. The first-order valence-corrected chi connectivity index (χ1v) is 10.7. The van der Waals surface area contributed by atoms with Crippen molar-refractivity contribution in [2.24, 2.45) is 0 Å². The highest BCUT2D eigenvalue weighted by molar-refractivity contribution is 6.10. The van der Waals surface area contributed by atoms with Crippen molar-refractivity contribution < 1.29 is 9.59 Å². The number of aromatic nitrogens is 1. The highest BCUT2D eigenvalue weighted by atomic mass is 16.2. The van der Waals surface area contributed by atoms with Gasteiger partial charge in [-0.2, -0.15) is 0 Å². The number of para-hydroxylation sites is 1. The third-order valence-corrected chi connectivity index (χ3v) is 5.95. The highest BCUT2D eigenvalue weighted by Gasteiger charge is 2.27. The van der Waals surface area contributed by atoms with Crippen molar-refractivity contribution >= 4 is 29.0 Å². The van der Waals surface area contributed by atoms with E-state index in [0.717, 1.165) is 36.3 Å². The molecule has 2 aliphatic heterocycles. The molecule has 0 bridgehead atoms. The molecule has 0 radical (unpaired) electrons. The quantitative estimate of drug-likeness (QED) is 0.687. The Bertz CT molecular complexity index is 1130. The fourth-order valence-corrected chi connectivity index (χ4v) is 4.31. The predicted octanol–water partition coefficient (Wildman–Crippen LogP) is 4.02. The number of rotatable bonds is 5. The van der Waals surface area contributed by atoms with Crippen molar-refractivity contribution in [1.82, 2.24) is 4.98 Å². The summed E-state index contributed by atoms with van der Waals surface area (Å²) in [5, 5.41) is 3.32. The monoisotopic (exact) mass is 412 g/mol. The van der Waals surface area contributed by atoms with Crippen LogP contribution in [0.1, 0.15) is 34.3 Å². The van der Waals surface area contributed by atoms with E-state index in [2.05, 4.69) is 16.4 Å². The minimum Gasteiger partial charge on any atom is -0.365 e. The minimum absolute atomic E-state index is 0.0385. The van der Waals surface area contributed by atoms with Gasteiger partial charge in [-0.25, -0.2) is 4.98 Å². The molecule has 3 heterocycles. The summed E-state index contributed by atoms with van der Waals surface area (Å²) < 4.78 is 0. The van der Waals surface area contributed by atoms with Gasteiger partial charge in [0.25, 0.3) is 5.91 Å². The summed E-state index contributed by atoms with van der Waals surface area (Å²) in [5.41, 5.74) is 4.75. The lowest BCUT2D eigenvalue weighted by atomic mass is 10.1. The number of benzene rings is 2. The molecule has 5 rings (SSSR count). The number of hydrogen-bond acceptors (Lipinski definition) is 4. The van der Waals surface area contributed by atoms with Gasteiger partial charge in [0, 0.05) is 43.6 Å². The van der Waals surface area contributed by atoms with Gasteiger partial charge in [-0.1, -0.05) is 30.3 Å². The third-order valence-electron chi connectivity index (χ3n) is 5.95. The molecule has 0 unspecified atom stereocenters. The van der Waals surface area contributed by atoms with Gasteiger partial charge in [0.1, 0.15) is 5.82 Å². The number of fused-ring (bicyclic) bond motifs is 1. The largest absolute Gasteiger partial charge is 0.365 e. The molecule has 2 amide bonds. The average molecular weight is 412 g/mol. The van der Waals surface area contributed by atoms with E-state index in [1.807, 2.05) is 58.3 Å². The second kappa shape index (κ2) is 8.22. The van der Waals surface area contributed by atoms with Gasteiger partial charge in [-0.15, -0.1) is 0 Å². The fraction of sp³-hybridized carbons (Fsp3) is 0.240. The van der Waals surface area contributed by atoms with Gasteiger partial charge in [0.05, 0.1) is 5.56 Å². The minimum atomic E-state index is -0.0385. The standard InChI is InChI=1S/C25H24N4O2/c30-23-8-4-15-28(23)20-11-9-18(10-12-20)17-27-24-21(6-3-14-26-24)25(31)29-16-13-19-5-1-2-7-22(19)29/h1-3,5-7,9-12,14H,4,8,13,15-17H2,(H,26,27). The molecule has 3 aromatic rings. The van der Waals surface area contributed by atoms with Crippen molar-refractivity contribution in [3.8, 4) is 0 Å². The van der Waals surface area contributed by atoms with E-state index < -0.39 is 0 Å².